The average molecular weight is 434 g/mol. The Balaban J connectivity index is 1.41. The van der Waals surface area contributed by atoms with Gasteiger partial charge < -0.3 is 5.32 Å². The summed E-state index contributed by atoms with van der Waals surface area (Å²) in [6, 6.07) is 19.1. The number of nitrogens with one attached hydrogen (secondary N) is 1. The number of carbonyl (C=O) groups excluding carboxylic acids is 1. The van der Waals surface area contributed by atoms with Crippen molar-refractivity contribution in [2.24, 2.45) is 0 Å². The molecule has 0 aromatic heterocycles. The van der Waals surface area contributed by atoms with Crippen molar-refractivity contribution >= 4 is 28.5 Å². The third-order valence-electron chi connectivity index (χ3n) is 4.48. The third-order valence-corrected chi connectivity index (χ3v) is 5.20. The summed E-state index contributed by atoms with van der Waals surface area (Å²) in [4.78, 5) is 14.7. The van der Waals surface area contributed by atoms with Crippen LogP contribution in [-0.2, 0) is 17.8 Å². The molecule has 0 unspecified atom stereocenters. The normalized spacial score (nSPS) is 16.0. The first kappa shape index (κ1) is 17.4. The molecular weight excluding hydrogens is 411 g/mol. The molecule has 126 valence electrons. The molecule has 1 fully saturated rings. The zero-order chi connectivity index (χ0) is 16.8. The van der Waals surface area contributed by atoms with E-state index in [1.807, 2.05) is 24.3 Å². The molecule has 24 heavy (non-hydrogen) atoms. The van der Waals surface area contributed by atoms with Crippen molar-refractivity contribution < 1.29 is 4.79 Å². The van der Waals surface area contributed by atoms with Gasteiger partial charge in [-0.1, -0.05) is 42.5 Å². The smallest absolute Gasteiger partial charge is 0.224 e. The summed E-state index contributed by atoms with van der Waals surface area (Å²) in [5, 5.41) is 3.20. The molecule has 2 aromatic carbocycles. The van der Waals surface area contributed by atoms with E-state index in [1.165, 1.54) is 9.13 Å². The molecule has 0 bridgehead atoms. The van der Waals surface area contributed by atoms with E-state index in [9.17, 15) is 4.79 Å². The van der Waals surface area contributed by atoms with Crippen LogP contribution in [0.1, 0.15) is 24.0 Å². The number of piperidine rings is 1. The summed E-state index contributed by atoms with van der Waals surface area (Å²) >= 11 is 2.28. The molecule has 0 spiro atoms. The first-order chi connectivity index (χ1) is 11.7. The van der Waals surface area contributed by atoms with Crippen LogP contribution in [0.5, 0.6) is 0 Å². The Morgan fingerprint density at radius 1 is 1.00 bits per heavy atom. The number of hydrogen-bond acceptors (Lipinski definition) is 2. The lowest BCUT2D eigenvalue weighted by Crippen LogP contribution is -2.44. The Morgan fingerprint density at radius 3 is 2.33 bits per heavy atom. The maximum atomic E-state index is 12.2. The molecule has 1 N–H and O–H groups in total. The van der Waals surface area contributed by atoms with Crippen molar-refractivity contribution in [3.05, 3.63) is 69.3 Å². The fraction of sp³-hybridized carbons (Fsp3) is 0.350. The quantitative estimate of drug-likeness (QED) is 0.730. The van der Waals surface area contributed by atoms with Crippen LogP contribution in [0.15, 0.2) is 54.6 Å². The molecule has 3 nitrogen and oxygen atoms in total. The van der Waals surface area contributed by atoms with E-state index in [-0.39, 0.29) is 5.91 Å². The van der Waals surface area contributed by atoms with E-state index in [1.54, 1.807) is 0 Å². The highest BCUT2D eigenvalue weighted by atomic mass is 127. The van der Waals surface area contributed by atoms with Gasteiger partial charge >= 0.3 is 0 Å². The highest BCUT2D eigenvalue weighted by Gasteiger charge is 2.20. The van der Waals surface area contributed by atoms with Gasteiger partial charge in [-0.2, -0.15) is 0 Å². The first-order valence-electron chi connectivity index (χ1n) is 8.49. The lowest BCUT2D eigenvalue weighted by molar-refractivity contribution is -0.121. The summed E-state index contributed by atoms with van der Waals surface area (Å²) < 4.78 is 1.20. The number of carbonyl (C=O) groups is 1. The average Bonchev–Trinajstić information content (AvgIpc) is 2.60. The second-order valence-electron chi connectivity index (χ2n) is 6.41. The molecule has 1 saturated heterocycles. The lowest BCUT2D eigenvalue weighted by Gasteiger charge is -2.32. The second kappa shape index (κ2) is 8.62. The van der Waals surface area contributed by atoms with Gasteiger partial charge in [-0.05, 0) is 58.7 Å². The predicted octanol–water partition coefficient (Wildman–Crippen LogP) is 3.61. The molecule has 0 radical (unpaired) electrons. The zero-order valence-electron chi connectivity index (χ0n) is 13.7. The van der Waals surface area contributed by atoms with Gasteiger partial charge in [-0.25, -0.2) is 0 Å². The number of rotatable bonds is 5. The molecule has 0 atom stereocenters. The van der Waals surface area contributed by atoms with E-state index in [0.29, 0.717) is 12.5 Å². The van der Waals surface area contributed by atoms with E-state index in [2.05, 4.69) is 63.1 Å². The van der Waals surface area contributed by atoms with Crippen molar-refractivity contribution in [2.75, 3.05) is 13.1 Å². The van der Waals surface area contributed by atoms with Crippen molar-refractivity contribution in [3.8, 4) is 0 Å². The molecule has 1 aliphatic heterocycles. The number of likely N-dealkylation sites (tertiary alicyclic amines) is 1. The minimum Gasteiger partial charge on any atom is -0.353 e. The summed E-state index contributed by atoms with van der Waals surface area (Å²) in [6.07, 6.45) is 2.54. The van der Waals surface area contributed by atoms with E-state index < -0.39 is 0 Å². The van der Waals surface area contributed by atoms with E-state index in [4.69, 9.17) is 0 Å². The Kier molecular flexibility index (Phi) is 6.26. The zero-order valence-corrected chi connectivity index (χ0v) is 15.9. The molecule has 3 rings (SSSR count). The molecule has 2 aromatic rings. The Labute approximate surface area is 157 Å². The fourth-order valence-electron chi connectivity index (χ4n) is 3.14. The van der Waals surface area contributed by atoms with Crippen molar-refractivity contribution in [2.45, 2.75) is 31.8 Å². The number of benzene rings is 2. The van der Waals surface area contributed by atoms with Gasteiger partial charge in [0, 0.05) is 29.2 Å². The molecule has 1 aliphatic rings. The minimum atomic E-state index is 0.137. The topological polar surface area (TPSA) is 32.3 Å². The Morgan fingerprint density at radius 2 is 1.67 bits per heavy atom. The summed E-state index contributed by atoms with van der Waals surface area (Å²) in [5.41, 5.74) is 2.44. The lowest BCUT2D eigenvalue weighted by atomic mass is 10.0. The molecular formula is C20H23IN2O. The van der Waals surface area contributed by atoms with Crippen LogP contribution in [-0.4, -0.2) is 29.9 Å². The van der Waals surface area contributed by atoms with E-state index >= 15 is 0 Å². The van der Waals surface area contributed by atoms with Gasteiger partial charge in [0.1, 0.15) is 0 Å². The van der Waals surface area contributed by atoms with Gasteiger partial charge in [0.15, 0.2) is 0 Å². The van der Waals surface area contributed by atoms with Gasteiger partial charge in [0.25, 0.3) is 0 Å². The van der Waals surface area contributed by atoms with Crippen LogP contribution in [0.2, 0.25) is 0 Å². The second-order valence-corrected chi connectivity index (χ2v) is 7.65. The molecule has 0 aliphatic carbocycles. The highest BCUT2D eigenvalue weighted by molar-refractivity contribution is 14.1. The monoisotopic (exact) mass is 434 g/mol. The number of hydrogen-bond donors (Lipinski definition) is 1. The molecule has 0 saturated carbocycles. The first-order valence-corrected chi connectivity index (χ1v) is 9.57. The molecule has 1 amide bonds. The number of amides is 1. The Hall–Kier alpha value is -1.40. The maximum absolute atomic E-state index is 12.2. The fourth-order valence-corrected chi connectivity index (χ4v) is 3.50. The Bertz CT molecular complexity index is 649. The van der Waals surface area contributed by atoms with Gasteiger partial charge in [0.2, 0.25) is 5.91 Å². The standard InChI is InChI=1S/C20H23IN2O/c21-18-8-6-16(7-9-18)14-20(24)22-19-10-12-23(13-11-19)15-17-4-2-1-3-5-17/h1-9,19H,10-15H2,(H,22,24). The SMILES string of the molecule is O=C(Cc1ccc(I)cc1)NC1CCN(Cc2ccccc2)CC1. The van der Waals surface area contributed by atoms with Gasteiger partial charge in [-0.15, -0.1) is 0 Å². The van der Waals surface area contributed by atoms with Crippen LogP contribution in [0.3, 0.4) is 0 Å². The maximum Gasteiger partial charge on any atom is 0.224 e. The predicted molar refractivity (Wildman–Crippen MR) is 106 cm³/mol. The third kappa shape index (κ3) is 5.31. The largest absolute Gasteiger partial charge is 0.353 e. The van der Waals surface area contributed by atoms with E-state index in [0.717, 1.165) is 38.0 Å². The van der Waals surface area contributed by atoms with Crippen LogP contribution < -0.4 is 5.32 Å². The molecule has 4 heteroatoms. The number of halogens is 1. The van der Waals surface area contributed by atoms with Crippen molar-refractivity contribution in [1.29, 1.82) is 0 Å². The van der Waals surface area contributed by atoms with Crippen LogP contribution in [0, 0.1) is 3.57 Å². The van der Waals surface area contributed by atoms with Crippen molar-refractivity contribution in [1.82, 2.24) is 10.2 Å². The van der Waals surface area contributed by atoms with Crippen LogP contribution in [0.4, 0.5) is 0 Å². The van der Waals surface area contributed by atoms with Gasteiger partial charge in [-0.3, -0.25) is 9.69 Å². The summed E-state index contributed by atoms with van der Waals surface area (Å²) in [7, 11) is 0. The van der Waals surface area contributed by atoms with Gasteiger partial charge in [0.05, 0.1) is 6.42 Å². The molecule has 1 heterocycles. The minimum absolute atomic E-state index is 0.137. The van der Waals surface area contributed by atoms with Crippen molar-refractivity contribution in [3.63, 3.8) is 0 Å². The summed E-state index contributed by atoms with van der Waals surface area (Å²) in [6.45, 7) is 3.09. The summed E-state index contributed by atoms with van der Waals surface area (Å²) in [5.74, 6) is 0.137. The highest BCUT2D eigenvalue weighted by Crippen LogP contribution is 2.14. The number of nitrogens with zero attached hydrogens (tertiary/aromatic N) is 1. The van der Waals surface area contributed by atoms with Crippen LogP contribution >= 0.6 is 22.6 Å². The van der Waals surface area contributed by atoms with Crippen LogP contribution in [0.25, 0.3) is 0 Å².